The highest BCUT2D eigenvalue weighted by atomic mass is 14.9. The molecule has 0 unspecified atom stereocenters. The van der Waals surface area contributed by atoms with E-state index in [1.54, 1.807) is 0 Å². The molecule has 0 N–H and O–H groups in total. The molecule has 0 spiro atoms. The number of nitrogens with zero attached hydrogens (tertiary/aromatic N) is 1. The lowest BCUT2D eigenvalue weighted by Crippen LogP contribution is -2.35. The highest BCUT2D eigenvalue weighted by molar-refractivity contribution is 5.94. The van der Waals surface area contributed by atoms with Gasteiger partial charge in [-0.2, -0.15) is 4.57 Å². The SMILES string of the molecule is Cc1ccc2c(-c3cc(C4CCCC4)ccc3C)[n+](C)c(C)cc2c1. The first-order valence-corrected chi connectivity index (χ1v) is 9.55. The Kier molecular flexibility index (Phi) is 4.11. The Labute approximate surface area is 151 Å². The Morgan fingerprint density at radius 2 is 1.64 bits per heavy atom. The van der Waals surface area contributed by atoms with E-state index >= 15 is 0 Å². The van der Waals surface area contributed by atoms with Crippen molar-refractivity contribution < 1.29 is 4.57 Å². The van der Waals surface area contributed by atoms with Crippen LogP contribution in [0.25, 0.3) is 22.0 Å². The maximum Gasteiger partial charge on any atom is 0.220 e. The van der Waals surface area contributed by atoms with Crippen LogP contribution < -0.4 is 4.57 Å². The molecular weight excluding hydrogens is 302 g/mol. The predicted molar refractivity (Wildman–Crippen MR) is 106 cm³/mol. The molecule has 0 atom stereocenters. The van der Waals surface area contributed by atoms with Crippen molar-refractivity contribution in [3.8, 4) is 11.3 Å². The van der Waals surface area contributed by atoms with Crippen molar-refractivity contribution in [3.63, 3.8) is 0 Å². The molecule has 1 fully saturated rings. The molecule has 3 aromatic rings. The summed E-state index contributed by atoms with van der Waals surface area (Å²) in [6.45, 7) is 6.63. The van der Waals surface area contributed by atoms with E-state index in [0.29, 0.717) is 0 Å². The van der Waals surface area contributed by atoms with Crippen LogP contribution in [0.2, 0.25) is 0 Å². The summed E-state index contributed by atoms with van der Waals surface area (Å²) in [5.41, 5.74) is 8.27. The Bertz CT molecular complexity index is 946. The quantitative estimate of drug-likeness (QED) is 0.514. The van der Waals surface area contributed by atoms with Gasteiger partial charge in [-0.25, -0.2) is 0 Å². The Hall–Kier alpha value is -2.15. The van der Waals surface area contributed by atoms with Crippen molar-refractivity contribution in [1.82, 2.24) is 0 Å². The minimum Gasteiger partial charge on any atom is -0.198 e. The highest BCUT2D eigenvalue weighted by Crippen LogP contribution is 2.37. The van der Waals surface area contributed by atoms with Crippen molar-refractivity contribution in [3.05, 3.63) is 64.8 Å². The van der Waals surface area contributed by atoms with Gasteiger partial charge in [-0.1, -0.05) is 42.7 Å². The number of pyridine rings is 1. The molecule has 1 aliphatic carbocycles. The molecule has 4 rings (SSSR count). The van der Waals surface area contributed by atoms with Crippen LogP contribution in [-0.2, 0) is 7.05 Å². The average molecular weight is 330 g/mol. The fraction of sp³-hybridized carbons (Fsp3) is 0.375. The average Bonchev–Trinajstić information content (AvgIpc) is 3.12. The monoisotopic (exact) mass is 330 g/mol. The number of hydrogen-bond acceptors (Lipinski definition) is 0. The Balaban J connectivity index is 1.97. The van der Waals surface area contributed by atoms with Crippen LogP contribution >= 0.6 is 0 Å². The van der Waals surface area contributed by atoms with Crippen LogP contribution in [0.5, 0.6) is 0 Å². The van der Waals surface area contributed by atoms with Crippen LogP contribution in [-0.4, -0.2) is 0 Å². The molecule has 0 saturated heterocycles. The second kappa shape index (κ2) is 6.29. The number of hydrogen-bond donors (Lipinski definition) is 0. The molecule has 128 valence electrons. The van der Waals surface area contributed by atoms with Gasteiger partial charge in [0, 0.05) is 18.6 Å². The molecular formula is C24H28N+. The fourth-order valence-corrected chi connectivity index (χ4v) is 4.43. The second-order valence-corrected chi connectivity index (χ2v) is 7.84. The van der Waals surface area contributed by atoms with Crippen LogP contribution in [0, 0.1) is 20.8 Å². The van der Waals surface area contributed by atoms with Crippen molar-refractivity contribution in [2.24, 2.45) is 7.05 Å². The predicted octanol–water partition coefficient (Wildman–Crippen LogP) is 5.91. The van der Waals surface area contributed by atoms with Gasteiger partial charge < -0.3 is 0 Å². The van der Waals surface area contributed by atoms with E-state index in [9.17, 15) is 0 Å². The molecule has 25 heavy (non-hydrogen) atoms. The van der Waals surface area contributed by atoms with E-state index in [0.717, 1.165) is 5.92 Å². The van der Waals surface area contributed by atoms with Gasteiger partial charge in [-0.15, -0.1) is 0 Å². The summed E-state index contributed by atoms with van der Waals surface area (Å²) >= 11 is 0. The summed E-state index contributed by atoms with van der Waals surface area (Å²) in [6.07, 6.45) is 5.47. The highest BCUT2D eigenvalue weighted by Gasteiger charge is 2.23. The van der Waals surface area contributed by atoms with E-state index in [-0.39, 0.29) is 0 Å². The number of aromatic nitrogens is 1. The maximum absolute atomic E-state index is 2.47. The summed E-state index contributed by atoms with van der Waals surface area (Å²) in [6, 6.07) is 16.3. The van der Waals surface area contributed by atoms with E-state index < -0.39 is 0 Å². The normalized spacial score (nSPS) is 15.2. The zero-order valence-corrected chi connectivity index (χ0v) is 15.9. The van der Waals surface area contributed by atoms with Gasteiger partial charge in [0.2, 0.25) is 5.69 Å². The van der Waals surface area contributed by atoms with Crippen LogP contribution in [0.4, 0.5) is 0 Å². The van der Waals surface area contributed by atoms with E-state index in [1.165, 1.54) is 70.1 Å². The van der Waals surface area contributed by atoms with Crippen molar-refractivity contribution in [2.75, 3.05) is 0 Å². The van der Waals surface area contributed by atoms with Crippen molar-refractivity contribution in [2.45, 2.75) is 52.4 Å². The van der Waals surface area contributed by atoms with Gasteiger partial charge in [-0.3, -0.25) is 0 Å². The van der Waals surface area contributed by atoms with Crippen LogP contribution in [0.3, 0.4) is 0 Å². The van der Waals surface area contributed by atoms with Crippen LogP contribution in [0.15, 0.2) is 42.5 Å². The van der Waals surface area contributed by atoms with E-state index in [4.69, 9.17) is 0 Å². The first kappa shape index (κ1) is 16.3. The molecule has 0 radical (unpaired) electrons. The zero-order chi connectivity index (χ0) is 17.6. The molecule has 2 aromatic carbocycles. The molecule has 1 heteroatoms. The summed E-state index contributed by atoms with van der Waals surface area (Å²) in [4.78, 5) is 0. The number of benzene rings is 2. The minimum atomic E-state index is 0.753. The van der Waals surface area contributed by atoms with Gasteiger partial charge >= 0.3 is 0 Å². The summed E-state index contributed by atoms with van der Waals surface area (Å²) in [5, 5.41) is 2.70. The van der Waals surface area contributed by atoms with Crippen LogP contribution in [0.1, 0.15) is 54.0 Å². The molecule has 1 saturated carbocycles. The first-order chi connectivity index (χ1) is 12.0. The van der Waals surface area contributed by atoms with Crippen molar-refractivity contribution in [1.29, 1.82) is 0 Å². The third-order valence-corrected chi connectivity index (χ3v) is 6.03. The molecule has 1 heterocycles. The van der Waals surface area contributed by atoms with Gasteiger partial charge in [0.25, 0.3) is 0 Å². The van der Waals surface area contributed by atoms with Gasteiger partial charge in [0.1, 0.15) is 7.05 Å². The maximum atomic E-state index is 2.47. The first-order valence-electron chi connectivity index (χ1n) is 9.55. The van der Waals surface area contributed by atoms with E-state index in [1.807, 2.05) is 0 Å². The number of aryl methyl sites for hydroxylation is 3. The molecule has 0 aliphatic heterocycles. The number of rotatable bonds is 2. The molecule has 1 aromatic heterocycles. The molecule has 1 aliphatic rings. The largest absolute Gasteiger partial charge is 0.220 e. The second-order valence-electron chi connectivity index (χ2n) is 7.84. The fourth-order valence-electron chi connectivity index (χ4n) is 4.43. The molecule has 0 bridgehead atoms. The van der Waals surface area contributed by atoms with Gasteiger partial charge in [-0.05, 0) is 61.3 Å². The number of fused-ring (bicyclic) bond motifs is 1. The lowest BCUT2D eigenvalue weighted by atomic mass is 9.91. The molecule has 0 amide bonds. The van der Waals surface area contributed by atoms with E-state index in [2.05, 4.69) is 74.9 Å². The third-order valence-electron chi connectivity index (χ3n) is 6.03. The van der Waals surface area contributed by atoms with Crippen molar-refractivity contribution >= 4 is 10.8 Å². The summed E-state index contributed by atoms with van der Waals surface area (Å²) in [5.74, 6) is 0.753. The lowest BCUT2D eigenvalue weighted by Gasteiger charge is -2.15. The minimum absolute atomic E-state index is 0.753. The standard InChI is InChI=1S/C24H28N/c1-16-9-12-22-21(13-16)14-18(3)25(4)24(22)23-15-20(11-10-17(23)2)19-7-5-6-8-19/h9-15,19H,5-8H2,1-4H3/q+1. The smallest absolute Gasteiger partial charge is 0.198 e. The topological polar surface area (TPSA) is 3.88 Å². The lowest BCUT2D eigenvalue weighted by molar-refractivity contribution is -0.665. The third kappa shape index (κ3) is 2.86. The van der Waals surface area contributed by atoms with Gasteiger partial charge in [0.05, 0.1) is 5.39 Å². The Morgan fingerprint density at radius 1 is 0.880 bits per heavy atom. The molecule has 1 nitrogen and oxygen atoms in total. The zero-order valence-electron chi connectivity index (χ0n) is 15.9. The summed E-state index contributed by atoms with van der Waals surface area (Å²) in [7, 11) is 2.20. The van der Waals surface area contributed by atoms with Gasteiger partial charge in [0.15, 0.2) is 5.69 Å². The Morgan fingerprint density at radius 3 is 2.40 bits per heavy atom. The summed E-state index contributed by atoms with van der Waals surface area (Å²) < 4.78 is 2.36.